The van der Waals surface area contributed by atoms with Crippen molar-refractivity contribution in [2.75, 3.05) is 0 Å². The zero-order valence-electron chi connectivity index (χ0n) is 42.2. The molecule has 12 aromatic rings. The summed E-state index contributed by atoms with van der Waals surface area (Å²) in [5.41, 5.74) is 21.8. The molecule has 0 amide bonds. The van der Waals surface area contributed by atoms with Gasteiger partial charge in [0.15, 0.2) is 35.3 Å². The molecule has 0 saturated carbocycles. The van der Waals surface area contributed by atoms with E-state index in [9.17, 15) is 0 Å². The molecule has 0 N–H and O–H groups in total. The molecule has 0 aliphatic carbocycles. The van der Waals surface area contributed by atoms with Gasteiger partial charge in [0.05, 0.1) is 16.7 Å². The van der Waals surface area contributed by atoms with Crippen molar-refractivity contribution in [3.8, 4) is 33.8 Å². The van der Waals surface area contributed by atoms with E-state index in [0.29, 0.717) is 23.1 Å². The van der Waals surface area contributed by atoms with E-state index >= 15 is 0 Å². The van der Waals surface area contributed by atoms with Crippen LogP contribution in [-0.2, 0) is 21.1 Å². The number of nitrogens with zero attached hydrogens (tertiary/aromatic N) is 6. The van der Waals surface area contributed by atoms with Gasteiger partial charge in [0.25, 0.3) is 0 Å². The molecule has 0 spiro atoms. The Bertz CT molecular complexity index is 4000. The van der Waals surface area contributed by atoms with Crippen LogP contribution in [0.5, 0.6) is 0 Å². The van der Waals surface area contributed by atoms with Gasteiger partial charge in [-0.25, -0.2) is 28.7 Å². The van der Waals surface area contributed by atoms with Gasteiger partial charge >= 0.3 is 0 Å². The molecule has 0 saturated heterocycles. The van der Waals surface area contributed by atoms with Crippen molar-refractivity contribution in [2.24, 2.45) is 21.1 Å². The van der Waals surface area contributed by atoms with Crippen LogP contribution in [-0.4, -0.2) is 15.0 Å². The van der Waals surface area contributed by atoms with Crippen LogP contribution in [0.15, 0.2) is 147 Å². The maximum absolute atomic E-state index is 6.16. The van der Waals surface area contributed by atoms with E-state index in [1.165, 1.54) is 50.2 Å². The van der Waals surface area contributed by atoms with E-state index in [1.807, 2.05) is 18.2 Å². The van der Waals surface area contributed by atoms with Gasteiger partial charge < -0.3 is 13.3 Å². The van der Waals surface area contributed by atoms with Gasteiger partial charge in [-0.1, -0.05) is 44.2 Å². The third-order valence-electron chi connectivity index (χ3n) is 13.8. The van der Waals surface area contributed by atoms with E-state index in [1.54, 1.807) is 18.6 Å². The number of hydrogen-bond acceptors (Lipinski definition) is 6. The second-order valence-electron chi connectivity index (χ2n) is 19.2. The Balaban J connectivity index is 0.000000122. The van der Waals surface area contributed by atoms with Crippen LogP contribution >= 0.6 is 0 Å². The number of benzene rings is 3. The summed E-state index contributed by atoms with van der Waals surface area (Å²) >= 11 is 0. The van der Waals surface area contributed by atoms with Crippen molar-refractivity contribution in [2.45, 2.75) is 68.2 Å². The van der Waals surface area contributed by atoms with Gasteiger partial charge in [0.1, 0.15) is 21.1 Å². The fourth-order valence-electron chi connectivity index (χ4n) is 9.98. The van der Waals surface area contributed by atoms with E-state index < -0.39 is 0 Å². The molecule has 0 bridgehead atoms. The minimum Gasteiger partial charge on any atom is -0.437 e. The van der Waals surface area contributed by atoms with E-state index in [-0.39, 0.29) is 0 Å². The van der Waals surface area contributed by atoms with Crippen molar-refractivity contribution in [1.29, 1.82) is 0 Å². The van der Waals surface area contributed by atoms with Crippen molar-refractivity contribution in [3.05, 3.63) is 179 Å². The van der Waals surface area contributed by atoms with Crippen molar-refractivity contribution < 1.29 is 27.0 Å². The maximum atomic E-state index is 6.16. The van der Waals surface area contributed by atoms with Gasteiger partial charge in [-0.2, -0.15) is 0 Å². The molecule has 0 aliphatic rings. The lowest BCUT2D eigenvalue weighted by Gasteiger charge is -2.09. The lowest BCUT2D eigenvalue weighted by molar-refractivity contribution is -0.660. The summed E-state index contributed by atoms with van der Waals surface area (Å²) in [5.74, 6) is 0.488. The van der Waals surface area contributed by atoms with Crippen molar-refractivity contribution in [1.82, 2.24) is 15.0 Å². The molecule has 9 aromatic heterocycles. The first-order valence-corrected chi connectivity index (χ1v) is 23.9. The zero-order valence-corrected chi connectivity index (χ0v) is 42.2. The third kappa shape index (κ3) is 8.05. The lowest BCUT2D eigenvalue weighted by atomic mass is 9.97. The average molecular weight is 924 g/mol. The average Bonchev–Trinajstić information content (AvgIpc) is 4.03. The number of furan rings is 3. The number of hydrogen-bond donors (Lipinski definition) is 0. The standard InChI is InChI=1S/C21H21N2O.2C20H19N2O/c1-13(2)15-9-11-23(4)18(12-15)19-14(3)7-8-16-17-6-5-10-22-21(17)24-20(16)19;1-12-7-8-15-16-6-5-9-21-20(16)23-19(15)18(12)17-10-13(2)14(3)11-22(17)4;1-12-7-8-16(22(4)11-12)18-14(3)10-13(2)17-15-6-5-9-21-20(15)23-19(17)18/h5-13H,1-4H3;2*5-11H,1-4H3/q3*+1. The van der Waals surface area contributed by atoms with E-state index in [4.69, 9.17) is 13.3 Å². The Labute approximate surface area is 408 Å². The quantitative estimate of drug-likeness (QED) is 0.163. The van der Waals surface area contributed by atoms with Gasteiger partial charge in [-0.3, -0.25) is 0 Å². The minimum atomic E-state index is 0.488. The highest BCUT2D eigenvalue weighted by Crippen LogP contribution is 2.40. The summed E-state index contributed by atoms with van der Waals surface area (Å²) in [6.07, 6.45) is 11.8. The van der Waals surface area contributed by atoms with Crippen LogP contribution in [0, 0.1) is 48.5 Å². The van der Waals surface area contributed by atoms with Gasteiger partial charge in [-0.15, -0.1) is 0 Å². The van der Waals surface area contributed by atoms with Crippen LogP contribution in [0.2, 0.25) is 0 Å². The predicted molar refractivity (Wildman–Crippen MR) is 282 cm³/mol. The van der Waals surface area contributed by atoms with Crippen molar-refractivity contribution >= 4 is 66.2 Å². The van der Waals surface area contributed by atoms with Gasteiger partial charge in [0, 0.05) is 86.3 Å². The maximum Gasteiger partial charge on any atom is 0.227 e. The highest BCUT2D eigenvalue weighted by Gasteiger charge is 2.25. The number of pyridine rings is 6. The SMILES string of the molecule is Cc1cc(-c2c(C)ccc3c2oc2ncccc23)[n+](C)cc1C.Cc1ccc(-c2c(C)cc(C)c3c2oc2ncccc23)[n+](C)c1.Cc1ccc2c(oc3ncccc32)c1-c1cc(C(C)C)cc[n+]1C. The highest BCUT2D eigenvalue weighted by atomic mass is 16.3. The molecule has 0 radical (unpaired) electrons. The molecular weight excluding hydrogens is 865 g/mol. The molecule has 0 aliphatic heterocycles. The monoisotopic (exact) mass is 923 g/mol. The topological polar surface area (TPSA) is 89.7 Å². The molecule has 9 heteroatoms. The van der Waals surface area contributed by atoms with Crippen LogP contribution in [0.25, 0.3) is 100.0 Å². The normalized spacial score (nSPS) is 11.6. The molecule has 0 fully saturated rings. The Hall–Kier alpha value is -8.04. The van der Waals surface area contributed by atoms with E-state index in [2.05, 4.69) is 210 Å². The van der Waals surface area contributed by atoms with Crippen LogP contribution in [0.4, 0.5) is 0 Å². The molecule has 70 heavy (non-hydrogen) atoms. The zero-order chi connectivity index (χ0) is 49.1. The Morgan fingerprint density at radius 3 is 1.50 bits per heavy atom. The molecule has 9 heterocycles. The smallest absolute Gasteiger partial charge is 0.227 e. The summed E-state index contributed by atoms with van der Waals surface area (Å²) < 4.78 is 24.9. The van der Waals surface area contributed by atoms with Crippen molar-refractivity contribution in [3.63, 3.8) is 0 Å². The number of aromatic nitrogens is 6. The fraction of sp³-hybridized carbons (Fsp3) is 0.213. The lowest BCUT2D eigenvalue weighted by Crippen LogP contribution is -2.31. The Morgan fingerprint density at radius 1 is 0.414 bits per heavy atom. The summed E-state index contributed by atoms with van der Waals surface area (Å²) in [5, 5.41) is 6.61. The largest absolute Gasteiger partial charge is 0.437 e. The predicted octanol–water partition coefficient (Wildman–Crippen LogP) is 13.7. The first-order valence-electron chi connectivity index (χ1n) is 23.9. The third-order valence-corrected chi connectivity index (χ3v) is 13.8. The number of fused-ring (bicyclic) bond motifs is 9. The van der Waals surface area contributed by atoms with Gasteiger partial charge in [0.2, 0.25) is 34.2 Å². The molecule has 0 atom stereocenters. The molecule has 12 rings (SSSR count). The fourth-order valence-corrected chi connectivity index (χ4v) is 9.98. The minimum absolute atomic E-state index is 0.488. The molecule has 9 nitrogen and oxygen atoms in total. The summed E-state index contributed by atoms with van der Waals surface area (Å²) in [7, 11) is 6.24. The second kappa shape index (κ2) is 18.1. The first kappa shape index (κ1) is 45.7. The molecule has 0 unspecified atom stereocenters. The molecule has 348 valence electrons. The van der Waals surface area contributed by atoms with Crippen LogP contribution < -0.4 is 13.7 Å². The molecule has 3 aromatic carbocycles. The Morgan fingerprint density at radius 2 is 0.929 bits per heavy atom. The Kier molecular flexibility index (Phi) is 11.8. The van der Waals surface area contributed by atoms with Gasteiger partial charge in [-0.05, 0) is 130 Å². The van der Waals surface area contributed by atoms with Crippen LogP contribution in [0.1, 0.15) is 64.3 Å². The summed E-state index contributed by atoms with van der Waals surface area (Å²) in [6.45, 7) is 19.4. The highest BCUT2D eigenvalue weighted by molar-refractivity contribution is 6.11. The van der Waals surface area contributed by atoms with E-state index in [0.717, 1.165) is 77.1 Å². The summed E-state index contributed by atoms with van der Waals surface area (Å²) in [4.78, 5) is 13.1. The first-order chi connectivity index (χ1) is 33.7. The summed E-state index contributed by atoms with van der Waals surface area (Å²) in [6, 6.07) is 33.9. The number of aryl methyl sites for hydroxylation is 10. The van der Waals surface area contributed by atoms with Crippen LogP contribution in [0.3, 0.4) is 0 Å². The molecular formula is C61H59N6O3+3. The number of rotatable bonds is 4. The second-order valence-corrected chi connectivity index (χ2v) is 19.2.